The molecular weight excluding hydrogens is 426 g/mol. The fraction of sp³-hybridized carbons (Fsp3) is 0.438. The molecule has 0 unspecified atom stereocenters. The maximum absolute atomic E-state index is 12.7. The second-order valence-electron chi connectivity index (χ2n) is 6.15. The van der Waals surface area contributed by atoms with Crippen LogP contribution in [0.15, 0.2) is 33.1 Å². The molecule has 0 N–H and O–H groups in total. The predicted molar refractivity (Wildman–Crippen MR) is 101 cm³/mol. The van der Waals surface area contributed by atoms with E-state index in [1.807, 2.05) is 12.1 Å². The van der Waals surface area contributed by atoms with Crippen molar-refractivity contribution in [3.63, 3.8) is 0 Å². The minimum atomic E-state index is -3.52. The van der Waals surface area contributed by atoms with Crippen LogP contribution in [0, 0.1) is 0 Å². The number of thiophene rings is 1. The Kier molecular flexibility index (Phi) is 5.38. The van der Waals surface area contributed by atoms with Crippen molar-refractivity contribution in [1.29, 1.82) is 0 Å². The fourth-order valence-corrected chi connectivity index (χ4v) is 6.03. The molecule has 25 heavy (non-hydrogen) atoms. The standard InChI is InChI=1S/C16H20BrN3O3S2/c1-18-11-13(25(22,23)20-7-3-4-8-20)9-14(18)16(21)19(2)10-12-5-6-15(17)24-12/h5-6,9,11H,3-4,7-8,10H2,1-2H3. The Morgan fingerprint density at radius 2 is 2.00 bits per heavy atom. The topological polar surface area (TPSA) is 62.6 Å². The maximum Gasteiger partial charge on any atom is 0.270 e. The van der Waals surface area contributed by atoms with Crippen LogP contribution in [0.25, 0.3) is 0 Å². The van der Waals surface area contributed by atoms with Crippen molar-refractivity contribution in [3.8, 4) is 0 Å². The number of carbonyl (C=O) groups is 1. The van der Waals surface area contributed by atoms with Crippen LogP contribution in [0.3, 0.4) is 0 Å². The first-order valence-electron chi connectivity index (χ1n) is 7.95. The first kappa shape index (κ1) is 18.6. The summed E-state index contributed by atoms with van der Waals surface area (Å²) >= 11 is 4.99. The molecule has 0 aliphatic carbocycles. The molecule has 1 saturated heterocycles. The third kappa shape index (κ3) is 3.84. The zero-order valence-electron chi connectivity index (χ0n) is 14.1. The summed E-state index contributed by atoms with van der Waals surface area (Å²) in [5, 5.41) is 0. The SMILES string of the molecule is CN(Cc1ccc(Br)s1)C(=O)c1cc(S(=O)(=O)N2CCCC2)cn1C. The molecule has 2 aromatic heterocycles. The molecule has 2 aromatic rings. The van der Waals surface area contributed by atoms with Crippen molar-refractivity contribution in [1.82, 2.24) is 13.8 Å². The van der Waals surface area contributed by atoms with E-state index in [9.17, 15) is 13.2 Å². The molecular formula is C16H20BrN3O3S2. The number of carbonyl (C=O) groups excluding carboxylic acids is 1. The van der Waals surface area contributed by atoms with E-state index in [1.165, 1.54) is 16.6 Å². The van der Waals surface area contributed by atoms with Crippen molar-refractivity contribution >= 4 is 43.2 Å². The van der Waals surface area contributed by atoms with Crippen molar-refractivity contribution in [3.05, 3.63) is 38.8 Å². The van der Waals surface area contributed by atoms with Crippen molar-refractivity contribution in [2.24, 2.45) is 7.05 Å². The Labute approximate surface area is 160 Å². The van der Waals surface area contributed by atoms with Gasteiger partial charge in [-0.3, -0.25) is 4.79 Å². The number of hydrogen-bond acceptors (Lipinski definition) is 4. The summed E-state index contributed by atoms with van der Waals surface area (Å²) in [7, 11) is -0.0975. The van der Waals surface area contributed by atoms with E-state index in [1.54, 1.807) is 34.9 Å². The highest BCUT2D eigenvalue weighted by molar-refractivity contribution is 9.11. The lowest BCUT2D eigenvalue weighted by Crippen LogP contribution is -2.28. The molecule has 1 aliphatic heterocycles. The third-order valence-electron chi connectivity index (χ3n) is 4.27. The van der Waals surface area contributed by atoms with Crippen molar-refractivity contribution < 1.29 is 13.2 Å². The van der Waals surface area contributed by atoms with E-state index < -0.39 is 10.0 Å². The highest BCUT2D eigenvalue weighted by Gasteiger charge is 2.30. The zero-order chi connectivity index (χ0) is 18.2. The van der Waals surface area contributed by atoms with E-state index in [4.69, 9.17) is 0 Å². The van der Waals surface area contributed by atoms with Crippen LogP contribution in [0.2, 0.25) is 0 Å². The van der Waals surface area contributed by atoms with E-state index >= 15 is 0 Å². The van der Waals surface area contributed by atoms with E-state index in [0.29, 0.717) is 25.3 Å². The van der Waals surface area contributed by atoms with Gasteiger partial charge in [0.1, 0.15) is 10.6 Å². The second kappa shape index (κ2) is 7.22. The number of nitrogens with zero attached hydrogens (tertiary/aromatic N) is 3. The average molecular weight is 446 g/mol. The highest BCUT2D eigenvalue weighted by Crippen LogP contribution is 2.25. The molecule has 3 rings (SSSR count). The summed E-state index contributed by atoms with van der Waals surface area (Å²) in [6.07, 6.45) is 3.30. The lowest BCUT2D eigenvalue weighted by molar-refractivity contribution is 0.0777. The van der Waals surface area contributed by atoms with Crippen LogP contribution in [-0.2, 0) is 23.6 Å². The smallest absolute Gasteiger partial charge is 0.270 e. The fourth-order valence-electron chi connectivity index (χ4n) is 2.90. The second-order valence-corrected chi connectivity index (χ2v) is 10.6. The first-order valence-corrected chi connectivity index (χ1v) is 11.0. The number of sulfonamides is 1. The number of rotatable bonds is 5. The summed E-state index contributed by atoms with van der Waals surface area (Å²) in [5.41, 5.74) is 0.371. The van der Waals surface area contributed by atoms with Gasteiger partial charge in [-0.1, -0.05) is 0 Å². The summed E-state index contributed by atoms with van der Waals surface area (Å²) in [4.78, 5) is 15.6. The maximum atomic E-state index is 12.7. The number of amides is 1. The van der Waals surface area contributed by atoms with Gasteiger partial charge in [-0.05, 0) is 47.0 Å². The molecule has 0 atom stereocenters. The molecule has 0 bridgehead atoms. The van der Waals surface area contributed by atoms with Crippen LogP contribution in [0.1, 0.15) is 28.2 Å². The zero-order valence-corrected chi connectivity index (χ0v) is 17.3. The van der Waals surface area contributed by atoms with E-state index in [0.717, 1.165) is 21.5 Å². The van der Waals surface area contributed by atoms with Gasteiger partial charge in [0.15, 0.2) is 0 Å². The number of hydrogen-bond donors (Lipinski definition) is 0. The van der Waals surface area contributed by atoms with Gasteiger partial charge in [0.25, 0.3) is 5.91 Å². The molecule has 1 aliphatic rings. The Hall–Kier alpha value is -1.16. The van der Waals surface area contributed by atoms with Gasteiger partial charge < -0.3 is 9.47 Å². The molecule has 0 radical (unpaired) electrons. The number of aromatic nitrogens is 1. The molecule has 1 fully saturated rings. The number of halogens is 1. The first-order chi connectivity index (χ1) is 11.8. The van der Waals surface area contributed by atoms with Crippen molar-refractivity contribution in [2.45, 2.75) is 24.3 Å². The molecule has 3 heterocycles. The molecule has 0 spiro atoms. The predicted octanol–water partition coefficient (Wildman–Crippen LogP) is 2.91. The minimum absolute atomic E-state index is 0.188. The van der Waals surface area contributed by atoms with Crippen LogP contribution in [-0.4, -0.2) is 48.2 Å². The quantitative estimate of drug-likeness (QED) is 0.710. The van der Waals surface area contributed by atoms with Gasteiger partial charge >= 0.3 is 0 Å². The molecule has 136 valence electrons. The van der Waals surface area contributed by atoms with Gasteiger partial charge in [0, 0.05) is 38.3 Å². The van der Waals surface area contributed by atoms with Gasteiger partial charge in [0.05, 0.1) is 10.3 Å². The Bertz CT molecular complexity index is 882. The molecule has 6 nitrogen and oxygen atoms in total. The van der Waals surface area contributed by atoms with Gasteiger partial charge in [-0.25, -0.2) is 8.42 Å². The normalized spacial score (nSPS) is 15.6. The van der Waals surface area contributed by atoms with Crippen LogP contribution in [0.5, 0.6) is 0 Å². The average Bonchev–Trinajstić information content (AvgIpc) is 3.28. The Morgan fingerprint density at radius 3 is 2.60 bits per heavy atom. The molecule has 0 saturated carbocycles. The van der Waals surface area contributed by atoms with Crippen molar-refractivity contribution in [2.75, 3.05) is 20.1 Å². The molecule has 1 amide bonds. The van der Waals surface area contributed by atoms with Crippen LogP contribution in [0.4, 0.5) is 0 Å². The van der Waals surface area contributed by atoms with Crippen LogP contribution >= 0.6 is 27.3 Å². The lowest BCUT2D eigenvalue weighted by Gasteiger charge is -2.16. The van der Waals surface area contributed by atoms with Gasteiger partial charge in [-0.15, -0.1) is 11.3 Å². The summed E-state index contributed by atoms with van der Waals surface area (Å²) < 4.78 is 29.4. The molecule has 0 aromatic carbocycles. The molecule has 9 heteroatoms. The Balaban J connectivity index is 1.80. The highest BCUT2D eigenvalue weighted by atomic mass is 79.9. The largest absolute Gasteiger partial charge is 0.345 e. The van der Waals surface area contributed by atoms with E-state index in [-0.39, 0.29) is 10.8 Å². The minimum Gasteiger partial charge on any atom is -0.345 e. The van der Waals surface area contributed by atoms with Gasteiger partial charge in [-0.2, -0.15) is 4.31 Å². The third-order valence-corrected chi connectivity index (χ3v) is 7.74. The summed E-state index contributed by atoms with van der Waals surface area (Å²) in [6, 6.07) is 5.39. The van der Waals surface area contributed by atoms with Gasteiger partial charge in [0.2, 0.25) is 10.0 Å². The van der Waals surface area contributed by atoms with Crippen LogP contribution < -0.4 is 0 Å². The Morgan fingerprint density at radius 1 is 1.32 bits per heavy atom. The summed E-state index contributed by atoms with van der Waals surface area (Å²) in [6.45, 7) is 1.58. The monoisotopic (exact) mass is 445 g/mol. The number of aryl methyl sites for hydroxylation is 1. The lowest BCUT2D eigenvalue weighted by atomic mass is 10.3. The van der Waals surface area contributed by atoms with E-state index in [2.05, 4.69) is 15.9 Å². The summed E-state index contributed by atoms with van der Waals surface area (Å²) in [5.74, 6) is -0.199.